The van der Waals surface area contributed by atoms with E-state index in [1.165, 1.54) is 26.4 Å². The van der Waals surface area contributed by atoms with Crippen LogP contribution in [0.25, 0.3) is 0 Å². The number of ether oxygens (including phenoxy) is 1. The van der Waals surface area contributed by atoms with E-state index < -0.39 is 6.04 Å². The molecule has 0 radical (unpaired) electrons. The summed E-state index contributed by atoms with van der Waals surface area (Å²) >= 11 is 0. The summed E-state index contributed by atoms with van der Waals surface area (Å²) in [6.07, 6.45) is 4.58. The van der Waals surface area contributed by atoms with Crippen LogP contribution in [0.4, 0.5) is 0 Å². The third-order valence-electron chi connectivity index (χ3n) is 2.71. The Morgan fingerprint density at radius 2 is 2.07 bits per heavy atom. The SMILES string of the molecule is COC(=O)[C@@H](N)CCN1CCCCC1. The molecule has 1 saturated heterocycles. The topological polar surface area (TPSA) is 55.6 Å². The molecule has 2 N–H and O–H groups in total. The summed E-state index contributed by atoms with van der Waals surface area (Å²) in [5, 5.41) is 0. The van der Waals surface area contributed by atoms with E-state index in [2.05, 4.69) is 9.64 Å². The average Bonchev–Trinajstić information content (AvgIpc) is 2.26. The van der Waals surface area contributed by atoms with Crippen molar-refractivity contribution in [1.29, 1.82) is 0 Å². The zero-order valence-electron chi connectivity index (χ0n) is 8.87. The van der Waals surface area contributed by atoms with Gasteiger partial charge in [0.15, 0.2) is 0 Å². The molecule has 14 heavy (non-hydrogen) atoms. The smallest absolute Gasteiger partial charge is 0.322 e. The van der Waals surface area contributed by atoms with Gasteiger partial charge in [-0.1, -0.05) is 6.42 Å². The molecule has 4 nitrogen and oxygen atoms in total. The second-order valence-corrected chi connectivity index (χ2v) is 3.82. The first-order chi connectivity index (χ1) is 6.74. The van der Waals surface area contributed by atoms with Gasteiger partial charge in [0.05, 0.1) is 7.11 Å². The fourth-order valence-electron chi connectivity index (χ4n) is 1.77. The van der Waals surface area contributed by atoms with Crippen LogP contribution in [0.3, 0.4) is 0 Å². The van der Waals surface area contributed by atoms with Crippen LogP contribution in [-0.4, -0.2) is 43.7 Å². The molecule has 0 aliphatic carbocycles. The van der Waals surface area contributed by atoms with Gasteiger partial charge in [-0.2, -0.15) is 0 Å². The highest BCUT2D eigenvalue weighted by atomic mass is 16.5. The van der Waals surface area contributed by atoms with Crippen molar-refractivity contribution in [3.8, 4) is 0 Å². The fourth-order valence-corrected chi connectivity index (χ4v) is 1.77. The molecule has 0 spiro atoms. The molecule has 0 unspecified atom stereocenters. The van der Waals surface area contributed by atoms with Gasteiger partial charge in [-0.25, -0.2) is 0 Å². The Morgan fingerprint density at radius 1 is 1.43 bits per heavy atom. The standard InChI is InChI=1S/C10H20N2O2/c1-14-10(13)9(11)5-8-12-6-3-2-4-7-12/h9H,2-8,11H2,1H3/t9-/m0/s1. The monoisotopic (exact) mass is 200 g/mol. The van der Waals surface area contributed by atoms with Crippen LogP contribution in [0.15, 0.2) is 0 Å². The number of nitrogens with two attached hydrogens (primary N) is 1. The number of piperidine rings is 1. The normalized spacial score (nSPS) is 20.4. The number of carbonyl (C=O) groups is 1. The lowest BCUT2D eigenvalue weighted by Gasteiger charge is -2.26. The van der Waals surface area contributed by atoms with Gasteiger partial charge in [0.25, 0.3) is 0 Å². The number of carbonyl (C=O) groups excluding carboxylic acids is 1. The Bertz CT molecular complexity index is 179. The van der Waals surface area contributed by atoms with E-state index in [9.17, 15) is 4.79 Å². The molecule has 1 atom stereocenters. The molecule has 0 aromatic carbocycles. The molecule has 1 rings (SSSR count). The van der Waals surface area contributed by atoms with E-state index in [1.54, 1.807) is 0 Å². The van der Waals surface area contributed by atoms with E-state index >= 15 is 0 Å². The van der Waals surface area contributed by atoms with E-state index in [0.717, 1.165) is 19.6 Å². The molecule has 0 saturated carbocycles. The van der Waals surface area contributed by atoms with Gasteiger partial charge in [0.1, 0.15) is 6.04 Å². The van der Waals surface area contributed by atoms with Gasteiger partial charge in [-0.3, -0.25) is 4.79 Å². The lowest BCUT2D eigenvalue weighted by Crippen LogP contribution is -2.38. The van der Waals surface area contributed by atoms with Gasteiger partial charge < -0.3 is 15.4 Å². The first-order valence-electron chi connectivity index (χ1n) is 5.30. The molecule has 0 amide bonds. The number of likely N-dealkylation sites (tertiary alicyclic amines) is 1. The molecular weight excluding hydrogens is 180 g/mol. The second-order valence-electron chi connectivity index (χ2n) is 3.82. The van der Waals surface area contributed by atoms with Crippen LogP contribution in [0.5, 0.6) is 0 Å². The minimum atomic E-state index is -0.457. The number of hydrogen-bond donors (Lipinski definition) is 1. The van der Waals surface area contributed by atoms with Crippen LogP contribution in [-0.2, 0) is 9.53 Å². The first-order valence-corrected chi connectivity index (χ1v) is 5.30. The highest BCUT2D eigenvalue weighted by molar-refractivity contribution is 5.75. The number of hydrogen-bond acceptors (Lipinski definition) is 4. The number of nitrogens with zero attached hydrogens (tertiary/aromatic N) is 1. The summed E-state index contributed by atoms with van der Waals surface area (Å²) in [5.74, 6) is -0.304. The minimum absolute atomic E-state index is 0.304. The lowest BCUT2D eigenvalue weighted by molar-refractivity contribution is -0.142. The summed E-state index contributed by atoms with van der Waals surface area (Å²) < 4.78 is 4.57. The van der Waals surface area contributed by atoms with E-state index in [4.69, 9.17) is 5.73 Å². The van der Waals surface area contributed by atoms with Crippen LogP contribution in [0.1, 0.15) is 25.7 Å². The lowest BCUT2D eigenvalue weighted by atomic mass is 10.1. The third kappa shape index (κ3) is 3.64. The molecule has 1 fully saturated rings. The Balaban J connectivity index is 2.15. The summed E-state index contributed by atoms with van der Waals surface area (Å²) in [6.45, 7) is 3.21. The first kappa shape index (κ1) is 11.5. The third-order valence-corrected chi connectivity index (χ3v) is 2.71. The van der Waals surface area contributed by atoms with Crippen molar-refractivity contribution >= 4 is 5.97 Å². The number of esters is 1. The van der Waals surface area contributed by atoms with Crippen molar-refractivity contribution in [3.05, 3.63) is 0 Å². The largest absolute Gasteiger partial charge is 0.468 e. The van der Waals surface area contributed by atoms with Crippen LogP contribution >= 0.6 is 0 Å². The predicted octanol–water partition coefficient (Wildman–Crippen LogP) is 0.363. The van der Waals surface area contributed by atoms with Crippen LogP contribution in [0, 0.1) is 0 Å². The molecule has 0 bridgehead atoms. The maximum absolute atomic E-state index is 11.0. The summed E-state index contributed by atoms with van der Waals surface area (Å²) in [6, 6.07) is -0.457. The highest BCUT2D eigenvalue weighted by Crippen LogP contribution is 2.09. The van der Waals surface area contributed by atoms with Crippen LogP contribution in [0.2, 0.25) is 0 Å². The number of methoxy groups -OCH3 is 1. The van der Waals surface area contributed by atoms with E-state index in [1.807, 2.05) is 0 Å². The fraction of sp³-hybridized carbons (Fsp3) is 0.900. The van der Waals surface area contributed by atoms with E-state index in [0.29, 0.717) is 6.42 Å². The maximum Gasteiger partial charge on any atom is 0.322 e. The number of rotatable bonds is 4. The molecule has 1 heterocycles. The zero-order valence-corrected chi connectivity index (χ0v) is 8.87. The molecular formula is C10H20N2O2. The molecule has 1 aliphatic rings. The van der Waals surface area contributed by atoms with Gasteiger partial charge >= 0.3 is 5.97 Å². The average molecular weight is 200 g/mol. The van der Waals surface area contributed by atoms with Gasteiger partial charge in [0, 0.05) is 6.54 Å². The molecule has 82 valence electrons. The zero-order chi connectivity index (χ0) is 10.4. The van der Waals surface area contributed by atoms with Gasteiger partial charge in [-0.05, 0) is 32.4 Å². The summed E-state index contributed by atoms with van der Waals surface area (Å²) in [5.41, 5.74) is 5.64. The van der Waals surface area contributed by atoms with E-state index in [-0.39, 0.29) is 5.97 Å². The van der Waals surface area contributed by atoms with Crippen molar-refractivity contribution in [2.45, 2.75) is 31.7 Å². The Morgan fingerprint density at radius 3 is 2.64 bits per heavy atom. The molecule has 1 aliphatic heterocycles. The van der Waals surface area contributed by atoms with Crippen molar-refractivity contribution in [2.75, 3.05) is 26.7 Å². The second kappa shape index (κ2) is 5.98. The summed E-state index contributed by atoms with van der Waals surface area (Å²) in [7, 11) is 1.38. The predicted molar refractivity (Wildman–Crippen MR) is 54.9 cm³/mol. The van der Waals surface area contributed by atoms with Crippen molar-refractivity contribution in [3.63, 3.8) is 0 Å². The van der Waals surface area contributed by atoms with Crippen molar-refractivity contribution in [1.82, 2.24) is 4.90 Å². The Labute approximate surface area is 85.4 Å². The maximum atomic E-state index is 11.0. The van der Waals surface area contributed by atoms with Crippen molar-refractivity contribution < 1.29 is 9.53 Å². The summed E-state index contributed by atoms with van der Waals surface area (Å²) in [4.78, 5) is 13.4. The highest BCUT2D eigenvalue weighted by Gasteiger charge is 2.16. The minimum Gasteiger partial charge on any atom is -0.468 e. The van der Waals surface area contributed by atoms with Crippen molar-refractivity contribution in [2.24, 2.45) is 5.73 Å². The van der Waals surface area contributed by atoms with Gasteiger partial charge in [-0.15, -0.1) is 0 Å². The van der Waals surface area contributed by atoms with Gasteiger partial charge in [0.2, 0.25) is 0 Å². The van der Waals surface area contributed by atoms with Crippen LogP contribution < -0.4 is 5.73 Å². The quantitative estimate of drug-likeness (QED) is 0.666. The molecule has 0 aromatic heterocycles. The Hall–Kier alpha value is -0.610. The Kier molecular flexibility index (Phi) is 4.90. The molecule has 4 heteroatoms. The molecule has 0 aromatic rings.